The summed E-state index contributed by atoms with van der Waals surface area (Å²) in [5, 5.41) is 63.3. The van der Waals surface area contributed by atoms with Crippen molar-refractivity contribution in [2.24, 2.45) is 0 Å². The molecule has 0 unspecified atom stereocenters. The Balaban J connectivity index is 1.89. The summed E-state index contributed by atoms with van der Waals surface area (Å²) in [6.45, 7) is 4.55. The van der Waals surface area contributed by atoms with Gasteiger partial charge in [-0.1, -0.05) is 181 Å². The molecule has 0 saturated heterocycles. The van der Waals surface area contributed by atoms with Gasteiger partial charge in [-0.15, -0.1) is 0 Å². The van der Waals surface area contributed by atoms with E-state index in [-0.39, 0.29) is 13.2 Å². The van der Waals surface area contributed by atoms with Crippen LogP contribution < -0.4 is 0 Å². The molecule has 2 rings (SSSR count). The highest BCUT2D eigenvalue weighted by atomic mass is 16.5. The molecule has 0 aliphatic rings. The van der Waals surface area contributed by atoms with E-state index in [1.165, 1.54) is 116 Å². The lowest BCUT2D eigenvalue weighted by molar-refractivity contribution is 0.0485. The number of hydrogen-bond donors (Lipinski definition) is 6. The van der Waals surface area contributed by atoms with Crippen LogP contribution in [0.2, 0.25) is 0 Å². The molecule has 0 aromatic heterocycles. The van der Waals surface area contributed by atoms with Gasteiger partial charge in [0.2, 0.25) is 11.5 Å². The normalized spacial score (nSPS) is 11.2. The standard InChI is InChI=1S/C46H74O10/c1-3-5-7-9-11-13-15-17-19-21-23-25-27-29-31-55-45(53)35-33-37(47)41(49)43(51)39(35)40-36(34-38(48)42(50)44(40)52)46(54)56-32-30-28-26-24-22-20-18-16-14-12-10-8-6-4-2/h33-34,47-52H,3-32H2,1-2H3. The molecule has 0 spiro atoms. The highest BCUT2D eigenvalue weighted by molar-refractivity contribution is 6.08. The van der Waals surface area contributed by atoms with E-state index in [4.69, 9.17) is 9.47 Å². The van der Waals surface area contributed by atoms with Crippen LogP contribution in [0.5, 0.6) is 34.5 Å². The maximum atomic E-state index is 13.3. The Bertz CT molecular complexity index is 1300. The molecule has 0 radical (unpaired) electrons. The van der Waals surface area contributed by atoms with Gasteiger partial charge in [-0.25, -0.2) is 9.59 Å². The van der Waals surface area contributed by atoms with Crippen LogP contribution in [0.15, 0.2) is 12.1 Å². The van der Waals surface area contributed by atoms with E-state index in [9.17, 15) is 40.2 Å². The molecule has 56 heavy (non-hydrogen) atoms. The molecule has 0 aliphatic heterocycles. The predicted octanol–water partition coefficient (Wildman–Crippen LogP) is 12.9. The topological polar surface area (TPSA) is 174 Å². The molecule has 2 aromatic rings. The van der Waals surface area contributed by atoms with Crippen molar-refractivity contribution in [3.05, 3.63) is 23.3 Å². The zero-order valence-electron chi connectivity index (χ0n) is 34.7. The number of ether oxygens (including phenoxy) is 2. The Labute approximate surface area is 336 Å². The van der Waals surface area contributed by atoms with Gasteiger partial charge in [0.05, 0.1) is 24.3 Å². The van der Waals surface area contributed by atoms with E-state index in [1.54, 1.807) is 0 Å². The fourth-order valence-corrected chi connectivity index (χ4v) is 7.20. The SMILES string of the molecule is CCCCCCCCCCCCCCCCOC(=O)c1cc(O)c(O)c(O)c1-c1c(C(=O)OCCCCCCCCCCCCCCCC)cc(O)c(O)c1O. The van der Waals surface area contributed by atoms with Gasteiger partial charge in [-0.3, -0.25) is 0 Å². The van der Waals surface area contributed by atoms with E-state index >= 15 is 0 Å². The van der Waals surface area contributed by atoms with Crippen LogP contribution in [-0.2, 0) is 9.47 Å². The van der Waals surface area contributed by atoms with Crippen LogP contribution in [0.1, 0.15) is 214 Å². The number of unbranched alkanes of at least 4 members (excludes halogenated alkanes) is 26. The van der Waals surface area contributed by atoms with Crippen molar-refractivity contribution >= 4 is 11.9 Å². The molecule has 0 heterocycles. The predicted molar refractivity (Wildman–Crippen MR) is 223 cm³/mol. The van der Waals surface area contributed by atoms with Crippen molar-refractivity contribution in [3.63, 3.8) is 0 Å². The summed E-state index contributed by atoms with van der Waals surface area (Å²) >= 11 is 0. The fraction of sp³-hybridized carbons (Fsp3) is 0.696. The highest BCUT2D eigenvalue weighted by Crippen LogP contribution is 2.52. The number of hydrogen-bond acceptors (Lipinski definition) is 10. The quantitative estimate of drug-likeness (QED) is 0.0232. The van der Waals surface area contributed by atoms with E-state index in [0.29, 0.717) is 12.8 Å². The van der Waals surface area contributed by atoms with E-state index in [2.05, 4.69) is 13.8 Å². The average Bonchev–Trinajstić information content (AvgIpc) is 3.19. The second kappa shape index (κ2) is 29.4. The molecule has 10 nitrogen and oxygen atoms in total. The van der Waals surface area contributed by atoms with Crippen LogP contribution in [0.3, 0.4) is 0 Å². The van der Waals surface area contributed by atoms with Crippen LogP contribution in [0, 0.1) is 0 Å². The summed E-state index contributed by atoms with van der Waals surface area (Å²) in [5.41, 5.74) is -2.07. The number of esters is 2. The molecule has 0 saturated carbocycles. The van der Waals surface area contributed by atoms with Gasteiger partial charge < -0.3 is 40.1 Å². The van der Waals surface area contributed by atoms with Crippen LogP contribution in [0.4, 0.5) is 0 Å². The van der Waals surface area contributed by atoms with Crippen LogP contribution in [-0.4, -0.2) is 55.8 Å². The lowest BCUT2D eigenvalue weighted by atomic mass is 9.92. The number of carbonyl (C=O) groups excluding carboxylic acids is 2. The first-order valence-electron chi connectivity index (χ1n) is 22.1. The Morgan fingerprint density at radius 2 is 0.607 bits per heavy atom. The molecule has 0 fully saturated rings. The lowest BCUT2D eigenvalue weighted by Gasteiger charge is -2.18. The molecule has 0 atom stereocenters. The van der Waals surface area contributed by atoms with Gasteiger partial charge in [-0.05, 0) is 25.0 Å². The summed E-state index contributed by atoms with van der Waals surface area (Å²) in [6.07, 6.45) is 32.7. The Morgan fingerprint density at radius 3 is 0.857 bits per heavy atom. The fourth-order valence-electron chi connectivity index (χ4n) is 7.20. The number of carbonyl (C=O) groups is 2. The Kier molecular flexibility index (Phi) is 25.4. The van der Waals surface area contributed by atoms with Crippen molar-refractivity contribution in [3.8, 4) is 45.6 Å². The number of phenols is 6. The van der Waals surface area contributed by atoms with E-state index in [1.807, 2.05) is 0 Å². The smallest absolute Gasteiger partial charge is 0.339 e. The second-order valence-electron chi connectivity index (χ2n) is 15.5. The third-order valence-corrected chi connectivity index (χ3v) is 10.7. The van der Waals surface area contributed by atoms with Gasteiger partial charge >= 0.3 is 11.9 Å². The number of phenolic OH excluding ortho intramolecular Hbond substituents is 6. The minimum absolute atomic E-state index is 0.0413. The number of benzene rings is 2. The molecule has 318 valence electrons. The first-order valence-corrected chi connectivity index (χ1v) is 22.1. The molecule has 6 N–H and O–H groups in total. The zero-order chi connectivity index (χ0) is 41.0. The summed E-state index contributed by atoms with van der Waals surface area (Å²) < 4.78 is 10.9. The first kappa shape index (κ1) is 48.3. The van der Waals surface area contributed by atoms with Crippen LogP contribution >= 0.6 is 0 Å². The van der Waals surface area contributed by atoms with E-state index in [0.717, 1.165) is 63.5 Å². The maximum absolute atomic E-state index is 13.3. The number of aromatic hydroxyl groups is 6. The molecule has 0 aliphatic carbocycles. The minimum Gasteiger partial charge on any atom is -0.504 e. The van der Waals surface area contributed by atoms with Crippen molar-refractivity contribution in [2.45, 2.75) is 194 Å². The van der Waals surface area contributed by atoms with Gasteiger partial charge in [0.1, 0.15) is 0 Å². The third-order valence-electron chi connectivity index (χ3n) is 10.7. The van der Waals surface area contributed by atoms with Crippen molar-refractivity contribution < 1.29 is 49.7 Å². The second-order valence-corrected chi connectivity index (χ2v) is 15.5. The summed E-state index contributed by atoms with van der Waals surface area (Å²) in [6, 6.07) is 1.70. The molecular formula is C46H74O10. The lowest BCUT2D eigenvalue weighted by Crippen LogP contribution is -2.12. The molecule has 0 bridgehead atoms. The van der Waals surface area contributed by atoms with Gasteiger partial charge in [0.25, 0.3) is 0 Å². The van der Waals surface area contributed by atoms with Gasteiger partial charge in [0, 0.05) is 11.1 Å². The zero-order valence-corrected chi connectivity index (χ0v) is 34.7. The van der Waals surface area contributed by atoms with Crippen molar-refractivity contribution in [1.82, 2.24) is 0 Å². The van der Waals surface area contributed by atoms with Crippen LogP contribution in [0.25, 0.3) is 11.1 Å². The summed E-state index contributed by atoms with van der Waals surface area (Å²) in [7, 11) is 0. The van der Waals surface area contributed by atoms with Gasteiger partial charge in [0.15, 0.2) is 23.0 Å². The molecule has 0 amide bonds. The van der Waals surface area contributed by atoms with Crippen molar-refractivity contribution in [1.29, 1.82) is 0 Å². The van der Waals surface area contributed by atoms with E-state index < -0.39 is 68.7 Å². The summed E-state index contributed by atoms with van der Waals surface area (Å²) in [4.78, 5) is 26.7. The van der Waals surface area contributed by atoms with Gasteiger partial charge in [-0.2, -0.15) is 0 Å². The minimum atomic E-state index is -1.03. The highest BCUT2D eigenvalue weighted by Gasteiger charge is 2.32. The Morgan fingerprint density at radius 1 is 0.375 bits per heavy atom. The largest absolute Gasteiger partial charge is 0.504 e. The van der Waals surface area contributed by atoms with Crippen molar-refractivity contribution in [2.75, 3.05) is 13.2 Å². The molecule has 2 aromatic carbocycles. The Hall–Kier alpha value is -3.82. The average molecular weight is 787 g/mol. The number of rotatable bonds is 33. The molecular weight excluding hydrogens is 712 g/mol. The third kappa shape index (κ3) is 18.0. The maximum Gasteiger partial charge on any atom is 0.339 e. The molecule has 10 heteroatoms. The monoisotopic (exact) mass is 787 g/mol. The first-order chi connectivity index (χ1) is 27.1. The summed E-state index contributed by atoms with van der Waals surface area (Å²) in [5.74, 6) is -7.75.